The van der Waals surface area contributed by atoms with Crippen LogP contribution in [0.2, 0.25) is 10.0 Å². The molecule has 27 heavy (non-hydrogen) atoms. The first-order valence-electron chi connectivity index (χ1n) is 8.78. The summed E-state index contributed by atoms with van der Waals surface area (Å²) in [5.41, 5.74) is 4.66. The zero-order chi connectivity index (χ0) is 19.8. The number of carbonyl (C=O) groups excluding carboxylic acids is 2. The summed E-state index contributed by atoms with van der Waals surface area (Å²) in [6.45, 7) is 0.270. The van der Waals surface area contributed by atoms with Crippen molar-refractivity contribution >= 4 is 41.0 Å². The van der Waals surface area contributed by atoms with Crippen LogP contribution in [-0.2, 0) is 14.4 Å². The lowest BCUT2D eigenvalue weighted by molar-refractivity contribution is -0.149. The van der Waals surface area contributed by atoms with Crippen molar-refractivity contribution in [1.29, 1.82) is 0 Å². The number of carboxylic acids is 1. The number of carboxylic acid groups (broad SMARTS) is 1. The molecular formula is C18H22Cl2N2O5. The molecule has 1 aliphatic rings. The summed E-state index contributed by atoms with van der Waals surface area (Å²) in [6, 6.07) is 4.87. The summed E-state index contributed by atoms with van der Waals surface area (Å²) < 4.78 is 5.48. The fraction of sp³-hybridized carbons (Fsp3) is 0.500. The highest BCUT2D eigenvalue weighted by Gasteiger charge is 2.35. The number of amides is 2. The second-order valence-corrected chi connectivity index (χ2v) is 7.24. The van der Waals surface area contributed by atoms with Crippen LogP contribution in [0.15, 0.2) is 18.2 Å². The summed E-state index contributed by atoms with van der Waals surface area (Å²) in [6.07, 6.45) is 3.14. The summed E-state index contributed by atoms with van der Waals surface area (Å²) in [5, 5.41) is 10.1. The topological polar surface area (TPSA) is 105 Å². The van der Waals surface area contributed by atoms with Crippen LogP contribution in [0.1, 0.15) is 38.5 Å². The third kappa shape index (κ3) is 6.59. The van der Waals surface area contributed by atoms with Crippen LogP contribution in [0.4, 0.5) is 0 Å². The molecule has 0 bridgehead atoms. The van der Waals surface area contributed by atoms with E-state index in [-0.39, 0.29) is 18.9 Å². The molecule has 2 amide bonds. The van der Waals surface area contributed by atoms with Gasteiger partial charge in [0.25, 0.3) is 0 Å². The lowest BCUT2D eigenvalue weighted by Gasteiger charge is -2.27. The maximum Gasteiger partial charge on any atom is 0.307 e. The predicted molar refractivity (Wildman–Crippen MR) is 101 cm³/mol. The van der Waals surface area contributed by atoms with Crippen molar-refractivity contribution in [2.45, 2.75) is 38.5 Å². The van der Waals surface area contributed by atoms with Gasteiger partial charge in [0.15, 0.2) is 0 Å². The lowest BCUT2D eigenvalue weighted by atomic mass is 9.79. The maximum atomic E-state index is 12.2. The Kier molecular flexibility index (Phi) is 8.19. The average molecular weight is 417 g/mol. The van der Waals surface area contributed by atoms with Gasteiger partial charge in [0, 0.05) is 11.4 Å². The van der Waals surface area contributed by atoms with Gasteiger partial charge in [0.1, 0.15) is 5.75 Å². The number of rotatable bonds is 7. The zero-order valence-electron chi connectivity index (χ0n) is 14.7. The fourth-order valence-corrected chi connectivity index (χ4v) is 3.50. The van der Waals surface area contributed by atoms with Gasteiger partial charge in [0.2, 0.25) is 11.8 Å². The van der Waals surface area contributed by atoms with Gasteiger partial charge in [0.05, 0.1) is 23.5 Å². The van der Waals surface area contributed by atoms with Crippen molar-refractivity contribution in [3.63, 3.8) is 0 Å². The van der Waals surface area contributed by atoms with Gasteiger partial charge < -0.3 is 9.84 Å². The highest BCUT2D eigenvalue weighted by atomic mass is 35.5. The summed E-state index contributed by atoms with van der Waals surface area (Å²) >= 11 is 11.8. The number of halogens is 2. The fourth-order valence-electron chi connectivity index (χ4n) is 3.03. The smallest absolute Gasteiger partial charge is 0.307 e. The Morgan fingerprint density at radius 1 is 1.11 bits per heavy atom. The molecule has 148 valence electrons. The van der Waals surface area contributed by atoms with E-state index in [1.54, 1.807) is 18.2 Å². The summed E-state index contributed by atoms with van der Waals surface area (Å²) in [5.74, 6) is -2.65. The van der Waals surface area contributed by atoms with Gasteiger partial charge in [-0.2, -0.15) is 0 Å². The first-order chi connectivity index (χ1) is 12.9. The van der Waals surface area contributed by atoms with Gasteiger partial charge in [-0.05, 0) is 37.5 Å². The van der Waals surface area contributed by atoms with Crippen LogP contribution in [0.3, 0.4) is 0 Å². The molecule has 7 nitrogen and oxygen atoms in total. The van der Waals surface area contributed by atoms with Gasteiger partial charge in [-0.1, -0.05) is 36.0 Å². The standard InChI is InChI=1S/C18H22Cl2N2O5/c19-11-7-8-15(14(20)10-11)27-9-3-6-16(23)21-22-17(24)12-4-1-2-5-13(12)18(25)26/h7-8,10,12-13H,1-6,9H2,(H,21,23)(H,22,24)(H,25,26)/t12-,13+/m1/s1. The number of aliphatic carboxylic acids is 1. The monoisotopic (exact) mass is 416 g/mol. The molecule has 1 aromatic carbocycles. The van der Waals surface area contributed by atoms with Gasteiger partial charge >= 0.3 is 5.97 Å². The normalized spacial score (nSPS) is 19.2. The molecule has 0 saturated heterocycles. The second kappa shape index (κ2) is 10.4. The molecule has 2 atom stereocenters. The number of hydrogen-bond donors (Lipinski definition) is 3. The zero-order valence-corrected chi connectivity index (χ0v) is 16.2. The molecule has 9 heteroatoms. The number of ether oxygens (including phenoxy) is 1. The Morgan fingerprint density at radius 3 is 2.48 bits per heavy atom. The minimum Gasteiger partial charge on any atom is -0.492 e. The number of hydrazine groups is 1. The first kappa shape index (κ1) is 21.3. The van der Waals surface area contributed by atoms with Crippen LogP contribution in [0.5, 0.6) is 5.75 Å². The maximum absolute atomic E-state index is 12.2. The minimum atomic E-state index is -0.973. The van der Waals surface area contributed by atoms with Crippen LogP contribution >= 0.6 is 23.2 Å². The van der Waals surface area contributed by atoms with Crippen molar-refractivity contribution in [3.8, 4) is 5.75 Å². The first-order valence-corrected chi connectivity index (χ1v) is 9.53. The van der Waals surface area contributed by atoms with E-state index in [9.17, 15) is 19.5 Å². The average Bonchev–Trinajstić information content (AvgIpc) is 2.64. The van der Waals surface area contributed by atoms with E-state index >= 15 is 0 Å². The Balaban J connectivity index is 1.68. The van der Waals surface area contributed by atoms with Crippen molar-refractivity contribution in [3.05, 3.63) is 28.2 Å². The largest absolute Gasteiger partial charge is 0.492 e. The van der Waals surface area contributed by atoms with Crippen molar-refractivity contribution in [1.82, 2.24) is 10.9 Å². The predicted octanol–water partition coefficient (Wildman–Crippen LogP) is 3.19. The third-order valence-corrected chi connectivity index (χ3v) is 4.98. The molecule has 2 rings (SSSR count). The second-order valence-electron chi connectivity index (χ2n) is 6.40. The molecule has 0 aromatic heterocycles. The van der Waals surface area contributed by atoms with E-state index in [1.165, 1.54) is 0 Å². The molecule has 3 N–H and O–H groups in total. The van der Waals surface area contributed by atoms with Gasteiger partial charge in [-0.15, -0.1) is 0 Å². The minimum absolute atomic E-state index is 0.137. The van der Waals surface area contributed by atoms with E-state index in [2.05, 4.69) is 10.9 Å². The molecule has 0 unspecified atom stereocenters. The van der Waals surface area contributed by atoms with Crippen molar-refractivity contribution in [2.75, 3.05) is 6.61 Å². The molecule has 0 radical (unpaired) electrons. The molecular weight excluding hydrogens is 395 g/mol. The molecule has 0 aliphatic heterocycles. The highest BCUT2D eigenvalue weighted by molar-refractivity contribution is 6.35. The van der Waals surface area contributed by atoms with E-state index in [0.29, 0.717) is 35.1 Å². The Morgan fingerprint density at radius 2 is 1.81 bits per heavy atom. The van der Waals surface area contributed by atoms with Crippen LogP contribution < -0.4 is 15.6 Å². The molecule has 1 aromatic rings. The quantitative estimate of drug-likeness (QED) is 0.467. The molecule has 0 spiro atoms. The molecule has 1 fully saturated rings. The van der Waals surface area contributed by atoms with Crippen molar-refractivity contribution in [2.24, 2.45) is 11.8 Å². The number of carbonyl (C=O) groups is 3. The number of hydrogen-bond acceptors (Lipinski definition) is 4. The van der Waals surface area contributed by atoms with Crippen LogP contribution in [0.25, 0.3) is 0 Å². The van der Waals surface area contributed by atoms with Crippen LogP contribution in [-0.4, -0.2) is 29.5 Å². The van der Waals surface area contributed by atoms with E-state index in [0.717, 1.165) is 12.8 Å². The van der Waals surface area contributed by atoms with Gasteiger partial charge in [-0.25, -0.2) is 0 Å². The Labute approximate surface area is 167 Å². The SMILES string of the molecule is O=C(CCCOc1ccc(Cl)cc1Cl)NNC(=O)[C@@H]1CCCC[C@@H]1C(=O)O. The summed E-state index contributed by atoms with van der Waals surface area (Å²) in [7, 11) is 0. The number of benzene rings is 1. The van der Waals surface area contributed by atoms with E-state index < -0.39 is 23.7 Å². The Hall–Kier alpha value is -1.99. The molecule has 1 aliphatic carbocycles. The third-order valence-electron chi connectivity index (χ3n) is 4.44. The van der Waals surface area contributed by atoms with Crippen LogP contribution in [0, 0.1) is 11.8 Å². The lowest BCUT2D eigenvalue weighted by Crippen LogP contribution is -2.47. The van der Waals surface area contributed by atoms with E-state index in [1.807, 2.05) is 0 Å². The van der Waals surface area contributed by atoms with Gasteiger partial charge in [-0.3, -0.25) is 25.2 Å². The van der Waals surface area contributed by atoms with E-state index in [4.69, 9.17) is 27.9 Å². The van der Waals surface area contributed by atoms with Crippen molar-refractivity contribution < 1.29 is 24.2 Å². The molecule has 1 saturated carbocycles. The highest BCUT2D eigenvalue weighted by Crippen LogP contribution is 2.30. The molecule has 0 heterocycles. The summed E-state index contributed by atoms with van der Waals surface area (Å²) in [4.78, 5) is 35.2. The number of nitrogens with one attached hydrogen (secondary N) is 2. The Bertz CT molecular complexity index is 698.